The Kier molecular flexibility index (Phi) is 12.3. The molecule has 0 spiro atoms. The van der Waals surface area contributed by atoms with Crippen LogP contribution in [0.4, 0.5) is 0 Å². The highest BCUT2D eigenvalue weighted by molar-refractivity contribution is 5.35. The van der Waals surface area contributed by atoms with Gasteiger partial charge in [-0.2, -0.15) is 0 Å². The van der Waals surface area contributed by atoms with Gasteiger partial charge in [0.2, 0.25) is 0 Å². The van der Waals surface area contributed by atoms with Gasteiger partial charge in [0.1, 0.15) is 0 Å². The second-order valence-electron chi connectivity index (χ2n) is 2.82. The fraction of sp³-hybridized carbons (Fsp3) is 0.615. The molecule has 0 bridgehead atoms. The molecule has 0 aromatic heterocycles. The van der Waals surface area contributed by atoms with Crippen molar-refractivity contribution in [3.05, 3.63) is 23.9 Å². The molecule has 0 saturated carbocycles. The van der Waals surface area contributed by atoms with E-state index in [0.717, 1.165) is 25.2 Å². The Hall–Kier alpha value is -0.890. The third-order valence-electron chi connectivity index (χ3n) is 1.98. The predicted molar refractivity (Wildman–Crippen MR) is 71.6 cm³/mol. The van der Waals surface area contributed by atoms with Crippen molar-refractivity contribution >= 4 is 6.72 Å². The highest BCUT2D eigenvalue weighted by atomic mass is 15.1. The molecule has 2 nitrogen and oxygen atoms in total. The van der Waals surface area contributed by atoms with Gasteiger partial charge >= 0.3 is 0 Å². The standard InChI is InChI=1S/C9H14N2.2C2H6/c1-4-8-7-11(3)6-5-9(8)10-2;2*1-2/h4H,1-2,5-7H2,3H3;2*1-2H3. The zero-order valence-electron chi connectivity index (χ0n) is 11.0. The second-order valence-corrected chi connectivity index (χ2v) is 2.82. The first kappa shape index (κ1) is 16.5. The van der Waals surface area contributed by atoms with Crippen molar-refractivity contribution in [3.8, 4) is 0 Å². The Balaban J connectivity index is 0. The summed E-state index contributed by atoms with van der Waals surface area (Å²) in [7, 11) is 2.10. The number of likely N-dealkylation sites (N-methyl/N-ethyl adjacent to an activating group) is 1. The van der Waals surface area contributed by atoms with E-state index in [2.05, 4.69) is 30.2 Å². The molecule has 0 atom stereocenters. The average molecular weight is 210 g/mol. The normalized spacial score (nSPS) is 15.5. The third-order valence-corrected chi connectivity index (χ3v) is 1.98. The van der Waals surface area contributed by atoms with Crippen LogP contribution >= 0.6 is 0 Å². The molecule has 0 saturated heterocycles. The van der Waals surface area contributed by atoms with Gasteiger partial charge in [-0.15, -0.1) is 0 Å². The SMILES string of the molecule is C=CC1=C(N=C)CCN(C)C1.CC.CC. The van der Waals surface area contributed by atoms with E-state index < -0.39 is 0 Å². The van der Waals surface area contributed by atoms with Crippen LogP contribution in [-0.4, -0.2) is 31.8 Å². The summed E-state index contributed by atoms with van der Waals surface area (Å²) in [5.74, 6) is 0. The molecular formula is C13H26N2. The first-order valence-corrected chi connectivity index (χ1v) is 5.77. The van der Waals surface area contributed by atoms with Crippen molar-refractivity contribution < 1.29 is 0 Å². The molecule has 1 heterocycles. The number of nitrogens with zero attached hydrogens (tertiary/aromatic N) is 2. The zero-order valence-corrected chi connectivity index (χ0v) is 11.0. The van der Waals surface area contributed by atoms with Crippen LogP contribution in [0.15, 0.2) is 28.9 Å². The first-order valence-electron chi connectivity index (χ1n) is 5.77. The molecule has 88 valence electrons. The molecule has 0 N–H and O–H groups in total. The smallest absolute Gasteiger partial charge is 0.0453 e. The van der Waals surface area contributed by atoms with E-state index in [-0.39, 0.29) is 0 Å². The molecule has 0 aromatic carbocycles. The topological polar surface area (TPSA) is 15.6 Å². The Bertz CT molecular complexity index is 205. The molecular weight excluding hydrogens is 184 g/mol. The Morgan fingerprint density at radius 2 is 1.80 bits per heavy atom. The van der Waals surface area contributed by atoms with Gasteiger partial charge in [-0.05, 0) is 19.3 Å². The summed E-state index contributed by atoms with van der Waals surface area (Å²) in [5, 5.41) is 0. The van der Waals surface area contributed by atoms with Crippen LogP contribution in [0, 0.1) is 0 Å². The predicted octanol–water partition coefficient (Wildman–Crippen LogP) is 3.52. The maximum atomic E-state index is 3.97. The van der Waals surface area contributed by atoms with Gasteiger partial charge in [-0.3, -0.25) is 4.99 Å². The summed E-state index contributed by atoms with van der Waals surface area (Å²) >= 11 is 0. The second kappa shape index (κ2) is 11.2. The summed E-state index contributed by atoms with van der Waals surface area (Å²) in [6.07, 6.45) is 2.88. The van der Waals surface area contributed by atoms with Gasteiger partial charge < -0.3 is 4.90 Å². The van der Waals surface area contributed by atoms with Crippen molar-refractivity contribution in [1.29, 1.82) is 0 Å². The van der Waals surface area contributed by atoms with Crippen LogP contribution in [0.25, 0.3) is 0 Å². The Labute approximate surface area is 95.4 Å². The molecule has 0 aliphatic carbocycles. The van der Waals surface area contributed by atoms with Gasteiger partial charge in [-0.25, -0.2) is 0 Å². The number of hydrogen-bond donors (Lipinski definition) is 0. The fourth-order valence-corrected chi connectivity index (χ4v) is 1.28. The molecule has 0 radical (unpaired) electrons. The highest BCUT2D eigenvalue weighted by Crippen LogP contribution is 2.17. The van der Waals surface area contributed by atoms with Gasteiger partial charge in [-0.1, -0.05) is 40.3 Å². The van der Waals surface area contributed by atoms with E-state index in [0.29, 0.717) is 0 Å². The largest absolute Gasteiger partial charge is 0.302 e. The number of aliphatic imine (C=N–C) groups is 1. The molecule has 2 heteroatoms. The summed E-state index contributed by atoms with van der Waals surface area (Å²) in [6.45, 7) is 17.3. The van der Waals surface area contributed by atoms with Crippen molar-refractivity contribution in [2.45, 2.75) is 34.1 Å². The summed E-state index contributed by atoms with van der Waals surface area (Å²) in [5.41, 5.74) is 2.33. The van der Waals surface area contributed by atoms with E-state index in [1.54, 1.807) is 0 Å². The molecule has 0 unspecified atom stereocenters. The lowest BCUT2D eigenvalue weighted by atomic mass is 10.1. The Morgan fingerprint density at radius 1 is 1.27 bits per heavy atom. The van der Waals surface area contributed by atoms with Gasteiger partial charge in [0.15, 0.2) is 0 Å². The number of hydrogen-bond acceptors (Lipinski definition) is 2. The van der Waals surface area contributed by atoms with Crippen molar-refractivity contribution in [3.63, 3.8) is 0 Å². The van der Waals surface area contributed by atoms with Gasteiger partial charge in [0.25, 0.3) is 0 Å². The van der Waals surface area contributed by atoms with E-state index >= 15 is 0 Å². The fourth-order valence-electron chi connectivity index (χ4n) is 1.28. The van der Waals surface area contributed by atoms with E-state index in [4.69, 9.17) is 0 Å². The van der Waals surface area contributed by atoms with Gasteiger partial charge in [0.05, 0.1) is 0 Å². The third kappa shape index (κ3) is 6.24. The molecule has 1 aliphatic rings. The maximum absolute atomic E-state index is 3.97. The van der Waals surface area contributed by atoms with Crippen molar-refractivity contribution in [2.75, 3.05) is 20.1 Å². The lowest BCUT2D eigenvalue weighted by Crippen LogP contribution is -2.26. The lowest BCUT2D eigenvalue weighted by Gasteiger charge is -2.23. The molecule has 0 fully saturated rings. The minimum atomic E-state index is 0.956. The molecule has 0 aromatic rings. The van der Waals surface area contributed by atoms with Crippen LogP contribution in [0.2, 0.25) is 0 Å². The van der Waals surface area contributed by atoms with Crippen LogP contribution in [-0.2, 0) is 0 Å². The van der Waals surface area contributed by atoms with Crippen molar-refractivity contribution in [1.82, 2.24) is 4.90 Å². The minimum absolute atomic E-state index is 0.956. The lowest BCUT2D eigenvalue weighted by molar-refractivity contribution is 0.351. The van der Waals surface area contributed by atoms with E-state index in [1.807, 2.05) is 33.8 Å². The van der Waals surface area contributed by atoms with Crippen LogP contribution in [0.5, 0.6) is 0 Å². The van der Waals surface area contributed by atoms with E-state index in [9.17, 15) is 0 Å². The minimum Gasteiger partial charge on any atom is -0.302 e. The molecule has 15 heavy (non-hydrogen) atoms. The van der Waals surface area contributed by atoms with E-state index in [1.165, 1.54) is 5.57 Å². The van der Waals surface area contributed by atoms with Crippen LogP contribution in [0.3, 0.4) is 0 Å². The summed E-state index contributed by atoms with van der Waals surface area (Å²) in [6, 6.07) is 0. The summed E-state index contributed by atoms with van der Waals surface area (Å²) < 4.78 is 0. The van der Waals surface area contributed by atoms with Gasteiger partial charge in [0, 0.05) is 25.2 Å². The molecule has 1 aliphatic heterocycles. The Morgan fingerprint density at radius 3 is 2.20 bits per heavy atom. The average Bonchev–Trinajstić information content (AvgIpc) is 2.34. The van der Waals surface area contributed by atoms with Crippen molar-refractivity contribution in [2.24, 2.45) is 4.99 Å². The maximum Gasteiger partial charge on any atom is 0.0453 e. The quantitative estimate of drug-likeness (QED) is 0.637. The number of rotatable bonds is 2. The first-order chi connectivity index (χ1) is 7.27. The van der Waals surface area contributed by atoms with Crippen LogP contribution < -0.4 is 0 Å². The molecule has 0 amide bonds. The van der Waals surface area contributed by atoms with Crippen LogP contribution in [0.1, 0.15) is 34.1 Å². The summed E-state index contributed by atoms with van der Waals surface area (Å²) in [4.78, 5) is 6.22. The zero-order chi connectivity index (χ0) is 12.3. The highest BCUT2D eigenvalue weighted by Gasteiger charge is 2.12. The molecule has 1 rings (SSSR count). The monoisotopic (exact) mass is 210 g/mol.